The van der Waals surface area contributed by atoms with E-state index in [1.165, 1.54) is 33.1 Å². The van der Waals surface area contributed by atoms with Crippen LogP contribution in [0, 0.1) is 25.9 Å². The summed E-state index contributed by atoms with van der Waals surface area (Å²) in [4.78, 5) is 4.93. The van der Waals surface area contributed by atoms with Gasteiger partial charge in [0.1, 0.15) is 5.65 Å². The molecule has 3 aromatic heterocycles. The number of hydrogen-bond acceptors (Lipinski definition) is 2. The van der Waals surface area contributed by atoms with Gasteiger partial charge < -0.3 is 0 Å². The maximum Gasteiger partial charge on any atom is 0.177 e. The van der Waals surface area contributed by atoms with Crippen molar-refractivity contribution in [2.45, 2.75) is 20.8 Å². The van der Waals surface area contributed by atoms with Crippen molar-refractivity contribution in [2.24, 2.45) is 0 Å². The zero-order valence-corrected chi connectivity index (χ0v) is 16.6. The maximum atomic E-state index is 14.2. The molecule has 0 atom stereocenters. The Bertz CT molecular complexity index is 1600. The van der Waals surface area contributed by atoms with Crippen LogP contribution < -0.4 is 0 Å². The summed E-state index contributed by atoms with van der Waals surface area (Å²) in [5.41, 5.74) is 5.36. The first-order chi connectivity index (χ1) is 13.5. The number of halogens is 1. The minimum absolute atomic E-state index is 0.152. The molecule has 0 saturated carbocycles. The molecule has 0 saturated heterocycles. The van der Waals surface area contributed by atoms with Crippen LogP contribution in [-0.2, 0) is 0 Å². The molecule has 28 heavy (non-hydrogen) atoms. The van der Waals surface area contributed by atoms with Crippen LogP contribution >= 0.6 is 11.3 Å². The summed E-state index contributed by atoms with van der Waals surface area (Å²) >= 11 is 1.20. The molecule has 136 valence electrons. The van der Waals surface area contributed by atoms with E-state index >= 15 is 0 Å². The first-order valence-electron chi connectivity index (χ1n) is 9.36. The highest BCUT2D eigenvalue weighted by Gasteiger charge is 2.19. The number of benzene rings is 3. The lowest BCUT2D eigenvalue weighted by Crippen LogP contribution is -1.96. The third-order valence-corrected chi connectivity index (χ3v) is 6.92. The molecule has 0 amide bonds. The van der Waals surface area contributed by atoms with Gasteiger partial charge in [-0.1, -0.05) is 30.3 Å². The molecule has 3 heterocycles. The number of imidazole rings is 1. The van der Waals surface area contributed by atoms with Crippen molar-refractivity contribution in [3.8, 4) is 0 Å². The van der Waals surface area contributed by atoms with Crippen LogP contribution in [0.5, 0.6) is 0 Å². The van der Waals surface area contributed by atoms with Gasteiger partial charge in [0.25, 0.3) is 0 Å². The average molecular weight is 384 g/mol. The molecule has 0 unspecified atom stereocenters. The molecular weight excluding hydrogens is 367 g/mol. The quantitative estimate of drug-likeness (QED) is 0.202. The van der Waals surface area contributed by atoms with Gasteiger partial charge in [-0.3, -0.25) is 4.40 Å². The van der Waals surface area contributed by atoms with Crippen LogP contribution in [0.4, 0.5) is 4.39 Å². The molecule has 4 heteroatoms. The molecule has 0 aliphatic carbocycles. The van der Waals surface area contributed by atoms with Crippen LogP contribution in [0.2, 0.25) is 0 Å². The molecular formula is C24H17FN2S. The lowest BCUT2D eigenvalue weighted by molar-refractivity contribution is 0.658. The van der Waals surface area contributed by atoms with Gasteiger partial charge in [-0.15, -0.1) is 11.3 Å². The molecule has 0 radical (unpaired) electrons. The Morgan fingerprint density at radius 2 is 1.71 bits per heavy atom. The predicted octanol–water partition coefficient (Wildman–Crippen LogP) is 7.07. The highest BCUT2D eigenvalue weighted by atomic mass is 32.1. The fourth-order valence-electron chi connectivity index (χ4n) is 4.63. The maximum absolute atomic E-state index is 14.2. The van der Waals surface area contributed by atoms with Gasteiger partial charge in [0.2, 0.25) is 0 Å². The van der Waals surface area contributed by atoms with Crippen molar-refractivity contribution in [3.05, 3.63) is 70.6 Å². The summed E-state index contributed by atoms with van der Waals surface area (Å²) in [6.45, 7) is 6.32. The molecule has 0 aliphatic rings. The van der Waals surface area contributed by atoms with E-state index in [0.29, 0.717) is 0 Å². The second-order valence-electron chi connectivity index (χ2n) is 7.51. The fourth-order valence-corrected chi connectivity index (χ4v) is 5.41. The van der Waals surface area contributed by atoms with E-state index in [2.05, 4.69) is 54.6 Å². The van der Waals surface area contributed by atoms with E-state index in [4.69, 9.17) is 4.98 Å². The van der Waals surface area contributed by atoms with Gasteiger partial charge >= 0.3 is 0 Å². The summed E-state index contributed by atoms with van der Waals surface area (Å²) in [7, 11) is 0. The molecule has 6 aromatic rings. The Balaban J connectivity index is 2.05. The lowest BCUT2D eigenvalue weighted by Gasteiger charge is -2.14. The Morgan fingerprint density at radius 3 is 2.57 bits per heavy atom. The smallest absolute Gasteiger partial charge is 0.177 e. The van der Waals surface area contributed by atoms with Gasteiger partial charge in [0.15, 0.2) is 5.13 Å². The van der Waals surface area contributed by atoms with E-state index < -0.39 is 0 Å². The Labute approximate surface area is 164 Å². The zero-order chi connectivity index (χ0) is 19.2. The number of aromatic nitrogens is 2. The number of nitrogens with zero attached hydrogens (tertiary/aromatic N) is 2. The van der Waals surface area contributed by atoms with E-state index in [9.17, 15) is 4.39 Å². The number of rotatable bonds is 0. The lowest BCUT2D eigenvalue weighted by atomic mass is 9.95. The third kappa shape index (κ3) is 1.88. The van der Waals surface area contributed by atoms with Crippen molar-refractivity contribution in [1.82, 2.24) is 9.38 Å². The molecule has 0 spiro atoms. The number of fused-ring (bicyclic) bond motifs is 9. The van der Waals surface area contributed by atoms with Crippen LogP contribution in [0.15, 0.2) is 48.5 Å². The molecule has 2 nitrogen and oxygen atoms in total. The first-order valence-corrected chi connectivity index (χ1v) is 10.2. The first kappa shape index (κ1) is 16.0. The minimum atomic E-state index is -0.152. The SMILES string of the molecule is Cc1nc2c3cc4ccccc4c(C)c3c3ccc4sc(F)cc4c3n2c1C. The van der Waals surface area contributed by atoms with Crippen molar-refractivity contribution in [1.29, 1.82) is 0 Å². The van der Waals surface area contributed by atoms with E-state index in [0.717, 1.165) is 43.4 Å². The van der Waals surface area contributed by atoms with Crippen LogP contribution in [0.25, 0.3) is 48.2 Å². The molecule has 0 aliphatic heterocycles. The van der Waals surface area contributed by atoms with E-state index in [-0.39, 0.29) is 5.13 Å². The third-order valence-electron chi connectivity index (χ3n) is 6.03. The van der Waals surface area contributed by atoms with Gasteiger partial charge in [-0.2, -0.15) is 4.39 Å². The number of thiophene rings is 1. The minimum Gasteiger partial charge on any atom is -0.295 e. The van der Waals surface area contributed by atoms with Crippen molar-refractivity contribution >= 4 is 59.5 Å². The Morgan fingerprint density at radius 1 is 0.893 bits per heavy atom. The second kappa shape index (κ2) is 5.30. The van der Waals surface area contributed by atoms with Gasteiger partial charge in [-0.25, -0.2) is 4.98 Å². The van der Waals surface area contributed by atoms with E-state index in [1.807, 2.05) is 13.0 Å². The Hall–Kier alpha value is -2.98. The highest BCUT2D eigenvalue weighted by molar-refractivity contribution is 7.17. The highest BCUT2D eigenvalue weighted by Crippen LogP contribution is 2.40. The molecule has 0 bridgehead atoms. The van der Waals surface area contributed by atoms with Crippen LogP contribution in [0.1, 0.15) is 17.0 Å². The molecule has 0 fully saturated rings. The number of aryl methyl sites for hydroxylation is 3. The Kier molecular flexibility index (Phi) is 3.03. The van der Waals surface area contributed by atoms with Crippen molar-refractivity contribution < 1.29 is 4.39 Å². The second-order valence-corrected chi connectivity index (χ2v) is 8.54. The summed E-state index contributed by atoms with van der Waals surface area (Å²) < 4.78 is 17.3. The number of hydrogen-bond donors (Lipinski definition) is 0. The standard InChI is InChI=1S/C24H17FN2S/c1-12-16-7-5-4-6-15(16)10-19-22(12)17-8-9-20-18(11-21(25)28-20)23(17)27-14(3)13(2)26-24(19)27/h4-11H,1-3H3. The van der Waals surface area contributed by atoms with Crippen molar-refractivity contribution in [2.75, 3.05) is 0 Å². The van der Waals surface area contributed by atoms with Gasteiger partial charge in [-0.05, 0) is 60.7 Å². The van der Waals surface area contributed by atoms with Crippen molar-refractivity contribution in [3.63, 3.8) is 0 Å². The summed E-state index contributed by atoms with van der Waals surface area (Å²) in [6.07, 6.45) is 0. The average Bonchev–Trinajstić information content (AvgIpc) is 3.21. The summed E-state index contributed by atoms with van der Waals surface area (Å²) in [5, 5.41) is 6.78. The molecule has 3 aromatic carbocycles. The molecule has 0 N–H and O–H groups in total. The van der Waals surface area contributed by atoms with Crippen LogP contribution in [-0.4, -0.2) is 9.38 Å². The predicted molar refractivity (Wildman–Crippen MR) is 117 cm³/mol. The van der Waals surface area contributed by atoms with E-state index in [1.54, 1.807) is 6.07 Å². The topological polar surface area (TPSA) is 17.3 Å². The summed E-state index contributed by atoms with van der Waals surface area (Å²) in [5.74, 6) is 0. The molecule has 6 rings (SSSR count). The summed E-state index contributed by atoms with van der Waals surface area (Å²) in [6, 6.07) is 16.6. The van der Waals surface area contributed by atoms with Gasteiger partial charge in [0, 0.05) is 26.6 Å². The zero-order valence-electron chi connectivity index (χ0n) is 15.8. The van der Waals surface area contributed by atoms with Crippen LogP contribution in [0.3, 0.4) is 0 Å². The monoisotopic (exact) mass is 384 g/mol. The number of pyridine rings is 1. The largest absolute Gasteiger partial charge is 0.295 e. The fraction of sp³-hybridized carbons (Fsp3) is 0.125. The van der Waals surface area contributed by atoms with Gasteiger partial charge in [0.05, 0.1) is 11.2 Å². The normalized spacial score (nSPS) is 12.3.